The Morgan fingerprint density at radius 2 is 2.15 bits per heavy atom. The van der Waals surface area contributed by atoms with Crippen LogP contribution in [-0.2, 0) is 14.8 Å². The van der Waals surface area contributed by atoms with E-state index in [4.69, 9.17) is 10.4 Å². The molecule has 1 aromatic rings. The number of aliphatic carboxylic acids is 1. The van der Waals surface area contributed by atoms with Crippen molar-refractivity contribution in [2.75, 3.05) is 13.1 Å². The monoisotopic (exact) mass is 294 g/mol. The Morgan fingerprint density at radius 1 is 1.50 bits per heavy atom. The first kappa shape index (κ1) is 14.5. The molecule has 6 nitrogen and oxygen atoms in total. The minimum atomic E-state index is -3.60. The van der Waals surface area contributed by atoms with Gasteiger partial charge in [0.2, 0.25) is 10.0 Å². The van der Waals surface area contributed by atoms with Gasteiger partial charge in [0, 0.05) is 13.1 Å². The molecule has 0 radical (unpaired) electrons. The summed E-state index contributed by atoms with van der Waals surface area (Å²) in [5.74, 6) is -1.04. The Kier molecular flexibility index (Phi) is 3.79. The van der Waals surface area contributed by atoms with Crippen LogP contribution in [0.2, 0.25) is 0 Å². The molecule has 1 saturated heterocycles. The normalized spacial score (nSPS) is 16.4. The molecule has 2 rings (SSSR count). The lowest BCUT2D eigenvalue weighted by Crippen LogP contribution is -2.50. The SMILES string of the molecule is Cc1cc(C#N)ccc1S(=O)(=O)N1CC(CC(=O)O)C1. The van der Waals surface area contributed by atoms with Crippen LogP contribution in [0.3, 0.4) is 0 Å². The Hall–Kier alpha value is -1.91. The van der Waals surface area contributed by atoms with Crippen LogP contribution in [0.15, 0.2) is 23.1 Å². The highest BCUT2D eigenvalue weighted by atomic mass is 32.2. The summed E-state index contributed by atoms with van der Waals surface area (Å²) in [6.45, 7) is 2.10. The average Bonchev–Trinajstić information content (AvgIpc) is 2.32. The zero-order chi connectivity index (χ0) is 14.9. The number of nitriles is 1. The number of benzene rings is 1. The molecule has 0 saturated carbocycles. The minimum absolute atomic E-state index is 0.0155. The smallest absolute Gasteiger partial charge is 0.303 e. The first-order valence-electron chi connectivity index (χ1n) is 6.07. The molecule has 106 valence electrons. The van der Waals surface area contributed by atoms with Crippen LogP contribution >= 0.6 is 0 Å². The van der Waals surface area contributed by atoms with E-state index in [9.17, 15) is 13.2 Å². The van der Waals surface area contributed by atoms with E-state index in [1.807, 2.05) is 6.07 Å². The lowest BCUT2D eigenvalue weighted by Gasteiger charge is -2.37. The zero-order valence-corrected chi connectivity index (χ0v) is 11.7. The molecule has 0 bridgehead atoms. The van der Waals surface area contributed by atoms with Crippen LogP contribution in [0, 0.1) is 24.2 Å². The van der Waals surface area contributed by atoms with Gasteiger partial charge < -0.3 is 5.11 Å². The molecule has 1 aliphatic heterocycles. The van der Waals surface area contributed by atoms with Crippen molar-refractivity contribution in [3.8, 4) is 6.07 Å². The van der Waals surface area contributed by atoms with Crippen LogP contribution in [0.1, 0.15) is 17.5 Å². The quantitative estimate of drug-likeness (QED) is 0.891. The van der Waals surface area contributed by atoms with Gasteiger partial charge in [0.15, 0.2) is 0 Å². The number of hydrogen-bond acceptors (Lipinski definition) is 4. The third-order valence-electron chi connectivity index (χ3n) is 3.31. The Balaban J connectivity index is 2.17. The molecular formula is C13H14N2O4S. The lowest BCUT2D eigenvalue weighted by atomic mass is 10.00. The number of hydrogen-bond donors (Lipinski definition) is 1. The molecule has 0 aliphatic carbocycles. The molecule has 0 unspecified atom stereocenters. The van der Waals surface area contributed by atoms with Crippen LogP contribution in [0.4, 0.5) is 0 Å². The van der Waals surface area contributed by atoms with Gasteiger partial charge in [0.05, 0.1) is 22.9 Å². The molecule has 0 spiro atoms. The Bertz CT molecular complexity index is 685. The van der Waals surface area contributed by atoms with Gasteiger partial charge in [-0.05, 0) is 36.6 Å². The van der Waals surface area contributed by atoms with Gasteiger partial charge in [0.25, 0.3) is 0 Å². The summed E-state index contributed by atoms with van der Waals surface area (Å²) in [5.41, 5.74) is 0.930. The number of carboxylic acids is 1. The van der Waals surface area contributed by atoms with E-state index in [2.05, 4.69) is 0 Å². The molecule has 7 heteroatoms. The molecule has 0 atom stereocenters. The van der Waals surface area contributed by atoms with E-state index >= 15 is 0 Å². The molecule has 0 amide bonds. The number of aryl methyl sites for hydroxylation is 1. The van der Waals surface area contributed by atoms with Gasteiger partial charge in [-0.2, -0.15) is 9.57 Å². The van der Waals surface area contributed by atoms with Crippen molar-refractivity contribution < 1.29 is 18.3 Å². The number of carbonyl (C=O) groups is 1. The van der Waals surface area contributed by atoms with Crippen molar-refractivity contribution in [2.24, 2.45) is 5.92 Å². The van der Waals surface area contributed by atoms with Crippen molar-refractivity contribution in [2.45, 2.75) is 18.2 Å². The van der Waals surface area contributed by atoms with Crippen LogP contribution in [0.25, 0.3) is 0 Å². The van der Waals surface area contributed by atoms with Gasteiger partial charge in [-0.15, -0.1) is 0 Å². The second-order valence-corrected chi connectivity index (χ2v) is 6.78. The fraction of sp³-hybridized carbons (Fsp3) is 0.385. The number of nitrogens with zero attached hydrogens (tertiary/aromatic N) is 2. The van der Waals surface area contributed by atoms with Crippen LogP contribution in [0.5, 0.6) is 0 Å². The van der Waals surface area contributed by atoms with Gasteiger partial charge in [0.1, 0.15) is 0 Å². The highest BCUT2D eigenvalue weighted by Crippen LogP contribution is 2.28. The minimum Gasteiger partial charge on any atom is -0.481 e. The van der Waals surface area contributed by atoms with E-state index in [0.717, 1.165) is 0 Å². The lowest BCUT2D eigenvalue weighted by molar-refractivity contribution is -0.139. The van der Waals surface area contributed by atoms with Crippen molar-refractivity contribution in [3.63, 3.8) is 0 Å². The summed E-state index contributed by atoms with van der Waals surface area (Å²) < 4.78 is 26.0. The summed E-state index contributed by atoms with van der Waals surface area (Å²) in [6, 6.07) is 6.38. The maximum Gasteiger partial charge on any atom is 0.303 e. The average molecular weight is 294 g/mol. The summed E-state index contributed by atoms with van der Waals surface area (Å²) in [5, 5.41) is 17.4. The second kappa shape index (κ2) is 5.23. The van der Waals surface area contributed by atoms with Crippen molar-refractivity contribution >= 4 is 16.0 Å². The van der Waals surface area contributed by atoms with Gasteiger partial charge >= 0.3 is 5.97 Å². The molecular weight excluding hydrogens is 280 g/mol. The molecule has 1 aromatic carbocycles. The molecule has 1 N–H and O–H groups in total. The zero-order valence-electron chi connectivity index (χ0n) is 10.9. The van der Waals surface area contributed by atoms with E-state index in [-0.39, 0.29) is 30.3 Å². The summed E-state index contributed by atoms with van der Waals surface area (Å²) >= 11 is 0. The maximum absolute atomic E-state index is 12.4. The molecule has 1 fully saturated rings. The van der Waals surface area contributed by atoms with Gasteiger partial charge in [-0.1, -0.05) is 0 Å². The standard InChI is InChI=1S/C13H14N2O4S/c1-9-4-10(6-14)2-3-12(9)20(18,19)15-7-11(8-15)5-13(16)17/h2-4,11H,5,7-8H2,1H3,(H,16,17). The fourth-order valence-corrected chi connectivity index (χ4v) is 4.04. The van der Waals surface area contributed by atoms with E-state index < -0.39 is 16.0 Å². The highest BCUT2D eigenvalue weighted by molar-refractivity contribution is 7.89. The summed E-state index contributed by atoms with van der Waals surface area (Å²) in [7, 11) is -3.60. The maximum atomic E-state index is 12.4. The highest BCUT2D eigenvalue weighted by Gasteiger charge is 2.38. The third-order valence-corrected chi connectivity index (χ3v) is 5.30. The molecule has 1 aliphatic rings. The van der Waals surface area contributed by atoms with E-state index in [1.54, 1.807) is 6.92 Å². The van der Waals surface area contributed by atoms with E-state index in [1.165, 1.54) is 22.5 Å². The molecule has 20 heavy (non-hydrogen) atoms. The first-order chi connectivity index (χ1) is 9.34. The van der Waals surface area contributed by atoms with E-state index in [0.29, 0.717) is 11.1 Å². The Morgan fingerprint density at radius 3 is 2.65 bits per heavy atom. The van der Waals surface area contributed by atoms with Crippen molar-refractivity contribution in [3.05, 3.63) is 29.3 Å². The number of sulfonamides is 1. The topological polar surface area (TPSA) is 98.5 Å². The number of carboxylic acid groups (broad SMARTS) is 1. The second-order valence-electron chi connectivity index (χ2n) is 4.88. The molecule has 0 aromatic heterocycles. The fourth-order valence-electron chi connectivity index (χ4n) is 2.24. The van der Waals surface area contributed by atoms with Crippen LogP contribution in [-0.4, -0.2) is 36.9 Å². The summed E-state index contributed by atoms with van der Waals surface area (Å²) in [6.07, 6.45) is -0.0155. The van der Waals surface area contributed by atoms with Crippen LogP contribution < -0.4 is 0 Å². The van der Waals surface area contributed by atoms with Crippen molar-refractivity contribution in [1.29, 1.82) is 5.26 Å². The molecule has 1 heterocycles. The van der Waals surface area contributed by atoms with Gasteiger partial charge in [-0.3, -0.25) is 4.79 Å². The predicted octanol–water partition coefficient (Wildman–Crippen LogP) is 0.962. The predicted molar refractivity (Wildman–Crippen MR) is 70.4 cm³/mol. The summed E-state index contributed by atoms with van der Waals surface area (Å²) in [4.78, 5) is 10.7. The largest absolute Gasteiger partial charge is 0.481 e. The van der Waals surface area contributed by atoms with Crippen molar-refractivity contribution in [1.82, 2.24) is 4.31 Å². The number of rotatable bonds is 4. The third kappa shape index (κ3) is 2.66. The van der Waals surface area contributed by atoms with Gasteiger partial charge in [-0.25, -0.2) is 8.42 Å². The first-order valence-corrected chi connectivity index (χ1v) is 7.51. The Labute approximate surface area is 117 Å².